The number of hydrogen-bond donors (Lipinski definition) is 0. The molecule has 0 heterocycles. The van der Waals surface area contributed by atoms with Crippen molar-refractivity contribution < 1.29 is 42.2 Å². The Hall–Kier alpha value is -0.706. The molecule has 0 unspecified atom stereocenters. The first-order chi connectivity index (χ1) is 9.95. The molecule has 0 aliphatic rings. The van der Waals surface area contributed by atoms with Crippen molar-refractivity contribution in [3.8, 4) is 11.5 Å². The zero-order valence-electron chi connectivity index (χ0n) is 12.9. The van der Waals surface area contributed by atoms with Gasteiger partial charge in [-0.2, -0.15) is 17.7 Å². The number of halogens is 1. The Kier molecular flexibility index (Phi) is 7.74. The van der Waals surface area contributed by atoms with Crippen LogP contribution in [-0.2, 0) is 44.0 Å². The van der Waals surface area contributed by atoms with Crippen molar-refractivity contribution in [3.63, 3.8) is 0 Å². The largest absolute Gasteiger partial charge is 0.516 e. The van der Waals surface area contributed by atoms with Crippen molar-refractivity contribution in [2.75, 3.05) is 7.05 Å². The Balaban J connectivity index is 0.00000242. The van der Waals surface area contributed by atoms with Crippen LogP contribution in [-0.4, -0.2) is 17.9 Å². The van der Waals surface area contributed by atoms with Crippen molar-refractivity contribution in [2.45, 2.75) is 20.4 Å². The van der Waals surface area contributed by atoms with Crippen molar-refractivity contribution in [2.24, 2.45) is 0 Å². The smallest absolute Gasteiger partial charge is 0.219 e. The van der Waals surface area contributed by atoms with E-state index in [1.807, 2.05) is 43.3 Å². The predicted octanol–water partition coefficient (Wildman–Crippen LogP) is 4.33. The number of carbonyl (C=O) groups is 1. The minimum Gasteiger partial charge on any atom is -0.516 e. The first kappa shape index (κ1) is 19.3. The van der Waals surface area contributed by atoms with E-state index in [9.17, 15) is 4.79 Å². The standard InChI is InChI=1S/C17H17BrNO2.Y/c1-12-4-7-16(8-5-12)21-17-9-6-15(18)10-14(17)11-19(3)13(2)20;/h4,6-10H,11H2,1-3H3;/q-1;. The topological polar surface area (TPSA) is 29.5 Å². The van der Waals surface area contributed by atoms with E-state index in [1.54, 1.807) is 18.9 Å². The summed E-state index contributed by atoms with van der Waals surface area (Å²) in [5.41, 5.74) is 2.01. The summed E-state index contributed by atoms with van der Waals surface area (Å²) in [7, 11) is 1.77. The van der Waals surface area contributed by atoms with E-state index < -0.39 is 0 Å². The fraction of sp³-hybridized carbons (Fsp3) is 0.235. The van der Waals surface area contributed by atoms with Gasteiger partial charge in [0.25, 0.3) is 0 Å². The molecule has 113 valence electrons. The molecule has 0 aromatic heterocycles. The van der Waals surface area contributed by atoms with Gasteiger partial charge in [0, 0.05) is 69.0 Å². The van der Waals surface area contributed by atoms with Gasteiger partial charge in [-0.1, -0.05) is 22.9 Å². The summed E-state index contributed by atoms with van der Waals surface area (Å²) in [5.74, 6) is 1.49. The molecule has 3 nitrogen and oxygen atoms in total. The van der Waals surface area contributed by atoms with Gasteiger partial charge >= 0.3 is 0 Å². The summed E-state index contributed by atoms with van der Waals surface area (Å²) in [5, 5.41) is 0. The van der Waals surface area contributed by atoms with Gasteiger partial charge in [-0.05, 0) is 18.2 Å². The maximum Gasteiger partial charge on any atom is 0.219 e. The Morgan fingerprint density at radius 3 is 2.64 bits per heavy atom. The molecule has 0 N–H and O–H groups in total. The summed E-state index contributed by atoms with van der Waals surface area (Å²) in [6.07, 6.45) is 0. The number of aryl methyl sites for hydroxylation is 1. The van der Waals surface area contributed by atoms with Crippen LogP contribution in [0.2, 0.25) is 0 Å². The second-order valence-electron chi connectivity index (χ2n) is 4.94. The number of amides is 1. The molecule has 2 rings (SSSR count). The van der Waals surface area contributed by atoms with Crippen LogP contribution in [0.1, 0.15) is 18.1 Å². The van der Waals surface area contributed by atoms with Gasteiger partial charge in [0.1, 0.15) is 5.75 Å². The molecule has 0 fully saturated rings. The number of hydrogen-bond acceptors (Lipinski definition) is 2. The van der Waals surface area contributed by atoms with Gasteiger partial charge in [0.15, 0.2) is 0 Å². The zero-order valence-corrected chi connectivity index (χ0v) is 17.3. The molecule has 0 aliphatic carbocycles. The SMILES string of the molecule is CC(=O)N(C)Cc1cc(Br)ccc1Oc1c[c-]c(C)cc1.[Y]. The molecule has 2 aromatic carbocycles. The van der Waals surface area contributed by atoms with E-state index in [-0.39, 0.29) is 38.6 Å². The average molecular weight is 436 g/mol. The molecule has 1 amide bonds. The first-order valence-electron chi connectivity index (χ1n) is 6.62. The fourth-order valence-corrected chi connectivity index (χ4v) is 2.23. The van der Waals surface area contributed by atoms with E-state index >= 15 is 0 Å². The third kappa shape index (κ3) is 5.49. The van der Waals surface area contributed by atoms with Crippen LogP contribution in [0.3, 0.4) is 0 Å². The van der Waals surface area contributed by atoms with Gasteiger partial charge < -0.3 is 9.64 Å². The summed E-state index contributed by atoms with van der Waals surface area (Å²) >= 11 is 3.45. The van der Waals surface area contributed by atoms with Crippen LogP contribution in [0.5, 0.6) is 11.5 Å². The second kappa shape index (κ2) is 8.80. The Morgan fingerprint density at radius 1 is 1.32 bits per heavy atom. The Bertz CT molecular complexity index is 644. The fourth-order valence-electron chi connectivity index (χ4n) is 1.82. The summed E-state index contributed by atoms with van der Waals surface area (Å²) in [6, 6.07) is 14.6. The van der Waals surface area contributed by atoms with Crippen LogP contribution in [0.25, 0.3) is 0 Å². The summed E-state index contributed by atoms with van der Waals surface area (Å²) < 4.78 is 6.87. The maximum absolute atomic E-state index is 11.4. The summed E-state index contributed by atoms with van der Waals surface area (Å²) in [6.45, 7) is 4.03. The normalized spacial score (nSPS) is 9.82. The van der Waals surface area contributed by atoms with Crippen molar-refractivity contribution >= 4 is 21.8 Å². The minimum atomic E-state index is 0. The zero-order chi connectivity index (χ0) is 15.4. The number of rotatable bonds is 4. The van der Waals surface area contributed by atoms with E-state index in [0.29, 0.717) is 6.54 Å². The molecule has 0 saturated heterocycles. The molecule has 0 atom stereocenters. The van der Waals surface area contributed by atoms with E-state index in [4.69, 9.17) is 4.74 Å². The number of ether oxygens (including phenoxy) is 1. The monoisotopic (exact) mass is 435 g/mol. The number of nitrogens with zero attached hydrogens (tertiary/aromatic N) is 1. The first-order valence-corrected chi connectivity index (χ1v) is 7.41. The number of carbonyl (C=O) groups excluding carboxylic acids is 1. The van der Waals surface area contributed by atoms with Crippen LogP contribution >= 0.6 is 15.9 Å². The molecule has 0 saturated carbocycles. The molecule has 0 spiro atoms. The van der Waals surface area contributed by atoms with Gasteiger partial charge in [-0.3, -0.25) is 4.79 Å². The van der Waals surface area contributed by atoms with Crippen molar-refractivity contribution in [3.05, 3.63) is 58.1 Å². The molecule has 2 aromatic rings. The quantitative estimate of drug-likeness (QED) is 0.669. The van der Waals surface area contributed by atoms with Gasteiger partial charge in [-0.25, -0.2) is 0 Å². The molecular formula is C17H17BrNO2Y-. The third-order valence-electron chi connectivity index (χ3n) is 3.14. The van der Waals surface area contributed by atoms with Crippen LogP contribution in [0.15, 0.2) is 40.9 Å². The third-order valence-corrected chi connectivity index (χ3v) is 3.63. The van der Waals surface area contributed by atoms with Gasteiger partial charge in [0.05, 0.1) is 0 Å². The van der Waals surface area contributed by atoms with E-state index in [0.717, 1.165) is 27.1 Å². The van der Waals surface area contributed by atoms with Crippen LogP contribution < -0.4 is 4.74 Å². The molecule has 5 heteroatoms. The molecular weight excluding hydrogens is 419 g/mol. The molecule has 22 heavy (non-hydrogen) atoms. The van der Waals surface area contributed by atoms with Crippen molar-refractivity contribution in [1.29, 1.82) is 0 Å². The maximum atomic E-state index is 11.4. The Labute approximate surface area is 165 Å². The van der Waals surface area contributed by atoms with E-state index in [1.165, 1.54) is 0 Å². The van der Waals surface area contributed by atoms with Crippen LogP contribution in [0, 0.1) is 13.0 Å². The predicted molar refractivity (Wildman–Crippen MR) is 86.4 cm³/mol. The molecule has 0 aliphatic heterocycles. The second-order valence-corrected chi connectivity index (χ2v) is 5.85. The minimum absolute atomic E-state index is 0. The van der Waals surface area contributed by atoms with Crippen LogP contribution in [0.4, 0.5) is 0 Å². The number of benzene rings is 2. The average Bonchev–Trinajstić information content (AvgIpc) is 2.44. The van der Waals surface area contributed by atoms with Gasteiger partial charge in [0.2, 0.25) is 5.91 Å². The molecule has 0 bridgehead atoms. The Morgan fingerprint density at radius 2 is 2.05 bits per heavy atom. The van der Waals surface area contributed by atoms with E-state index in [2.05, 4.69) is 22.0 Å². The summed E-state index contributed by atoms with van der Waals surface area (Å²) in [4.78, 5) is 13.1. The molecule has 1 radical (unpaired) electrons. The van der Waals surface area contributed by atoms with Crippen molar-refractivity contribution in [1.82, 2.24) is 4.90 Å². The van der Waals surface area contributed by atoms with Gasteiger partial charge in [-0.15, -0.1) is 12.1 Å².